The Balaban J connectivity index is 2.36. The summed E-state index contributed by atoms with van der Waals surface area (Å²) in [5.41, 5.74) is 2.02. The molecule has 0 bridgehead atoms. The van der Waals surface area contributed by atoms with Gasteiger partial charge in [0.05, 0.1) is 12.2 Å². The lowest BCUT2D eigenvalue weighted by Gasteiger charge is -2.03. The van der Waals surface area contributed by atoms with Crippen LogP contribution in [0.2, 0.25) is 0 Å². The van der Waals surface area contributed by atoms with E-state index in [1.54, 1.807) is 9.25 Å². The second kappa shape index (κ2) is 4.18. The van der Waals surface area contributed by atoms with Crippen LogP contribution >= 0.6 is 12.2 Å². The van der Waals surface area contributed by atoms with Crippen LogP contribution in [0, 0.1) is 11.7 Å². The van der Waals surface area contributed by atoms with Gasteiger partial charge in [-0.25, -0.2) is 0 Å². The number of hydrogen-bond acceptors (Lipinski definition) is 4. The van der Waals surface area contributed by atoms with E-state index in [1.807, 2.05) is 20.2 Å². The van der Waals surface area contributed by atoms with Crippen LogP contribution in [0.3, 0.4) is 0 Å². The molecule has 16 heavy (non-hydrogen) atoms. The number of aryl methyl sites for hydroxylation is 2. The van der Waals surface area contributed by atoms with Gasteiger partial charge in [0, 0.05) is 18.8 Å². The normalized spacial score (nSPS) is 10.9. The minimum atomic E-state index is -0.132. The van der Waals surface area contributed by atoms with E-state index in [0.29, 0.717) is 17.1 Å². The van der Waals surface area contributed by atoms with Gasteiger partial charge in [0.25, 0.3) is 0 Å². The van der Waals surface area contributed by atoms with Crippen molar-refractivity contribution >= 4 is 12.2 Å². The highest BCUT2D eigenvalue weighted by atomic mass is 32.1. The molecule has 0 saturated heterocycles. The van der Waals surface area contributed by atoms with E-state index < -0.39 is 0 Å². The lowest BCUT2D eigenvalue weighted by atomic mass is 10.2. The maximum Gasteiger partial charge on any atom is 0.195 e. The van der Waals surface area contributed by atoms with E-state index in [4.69, 9.17) is 17.3 Å². The van der Waals surface area contributed by atoms with Gasteiger partial charge in [0.1, 0.15) is 6.61 Å². The van der Waals surface area contributed by atoms with Crippen LogP contribution in [0.5, 0.6) is 0 Å². The van der Waals surface area contributed by atoms with Gasteiger partial charge in [-0.05, 0) is 19.1 Å². The van der Waals surface area contributed by atoms with Gasteiger partial charge in [0.15, 0.2) is 10.6 Å². The molecular weight excluding hydrogens is 226 g/mol. The molecule has 2 heterocycles. The third-order valence-electron chi connectivity index (χ3n) is 2.42. The molecule has 0 atom stereocenters. The second-order valence-corrected chi connectivity index (χ2v) is 3.99. The van der Waals surface area contributed by atoms with Crippen molar-refractivity contribution in [1.82, 2.24) is 24.5 Å². The molecule has 0 saturated carbocycles. The zero-order valence-electron chi connectivity index (χ0n) is 9.14. The number of H-pyrrole nitrogens is 1. The van der Waals surface area contributed by atoms with Crippen molar-refractivity contribution in [3.05, 3.63) is 28.0 Å². The molecule has 2 rings (SSSR count). The molecule has 0 aromatic carbocycles. The predicted octanol–water partition coefficient (Wildman–Crippen LogP) is 0.523. The molecule has 2 aromatic rings. The van der Waals surface area contributed by atoms with Gasteiger partial charge in [-0.15, -0.1) is 0 Å². The summed E-state index contributed by atoms with van der Waals surface area (Å²) in [6, 6.07) is 0. The second-order valence-electron chi connectivity index (χ2n) is 3.60. The minimum absolute atomic E-state index is 0.132. The van der Waals surface area contributed by atoms with Crippen molar-refractivity contribution in [3.8, 4) is 0 Å². The summed E-state index contributed by atoms with van der Waals surface area (Å²) in [6.45, 7) is 2.38. The summed E-state index contributed by atoms with van der Waals surface area (Å²) < 4.78 is 4.03. The fourth-order valence-corrected chi connectivity index (χ4v) is 1.82. The number of aliphatic hydroxyl groups is 1. The molecule has 6 nitrogen and oxygen atoms in total. The van der Waals surface area contributed by atoms with E-state index in [0.717, 1.165) is 11.3 Å². The highest BCUT2D eigenvalue weighted by molar-refractivity contribution is 7.71. The van der Waals surface area contributed by atoms with E-state index >= 15 is 0 Å². The van der Waals surface area contributed by atoms with Crippen LogP contribution < -0.4 is 0 Å². The molecule has 0 radical (unpaired) electrons. The lowest BCUT2D eigenvalue weighted by molar-refractivity contribution is 0.265. The van der Waals surface area contributed by atoms with Gasteiger partial charge in [-0.3, -0.25) is 14.3 Å². The summed E-state index contributed by atoms with van der Waals surface area (Å²) in [5, 5.41) is 20.0. The topological polar surface area (TPSA) is 71.7 Å². The molecule has 0 fully saturated rings. The highest BCUT2D eigenvalue weighted by Gasteiger charge is 2.09. The van der Waals surface area contributed by atoms with Crippen molar-refractivity contribution in [1.29, 1.82) is 0 Å². The molecule has 0 spiro atoms. The third-order valence-corrected chi connectivity index (χ3v) is 2.73. The number of hydrogen-bond donors (Lipinski definition) is 2. The van der Waals surface area contributed by atoms with Gasteiger partial charge in [-0.1, -0.05) is 0 Å². The Kier molecular flexibility index (Phi) is 2.88. The van der Waals surface area contributed by atoms with Crippen LogP contribution in [-0.2, 0) is 20.2 Å². The Labute approximate surface area is 97.5 Å². The molecule has 0 unspecified atom stereocenters. The average Bonchev–Trinajstić information content (AvgIpc) is 2.73. The van der Waals surface area contributed by atoms with Gasteiger partial charge in [-0.2, -0.15) is 10.2 Å². The summed E-state index contributed by atoms with van der Waals surface area (Å²) in [7, 11) is 1.87. The zero-order chi connectivity index (χ0) is 11.7. The monoisotopic (exact) mass is 239 g/mol. The molecular formula is C9H13N5OS. The Morgan fingerprint density at radius 2 is 2.31 bits per heavy atom. The average molecular weight is 239 g/mol. The van der Waals surface area contributed by atoms with E-state index in [9.17, 15) is 0 Å². The number of aliphatic hydroxyl groups excluding tert-OH is 1. The molecule has 7 heteroatoms. The maximum atomic E-state index is 9.11. The molecule has 0 aliphatic carbocycles. The van der Waals surface area contributed by atoms with Crippen LogP contribution in [0.1, 0.15) is 17.1 Å². The van der Waals surface area contributed by atoms with E-state index in [2.05, 4.69) is 15.3 Å². The number of rotatable bonds is 3. The van der Waals surface area contributed by atoms with Crippen LogP contribution in [0.4, 0.5) is 0 Å². The van der Waals surface area contributed by atoms with E-state index in [-0.39, 0.29) is 6.61 Å². The fraction of sp³-hybridized carbons (Fsp3) is 0.444. The van der Waals surface area contributed by atoms with Crippen molar-refractivity contribution in [2.45, 2.75) is 20.1 Å². The molecule has 86 valence electrons. The maximum absolute atomic E-state index is 9.11. The first-order valence-corrected chi connectivity index (χ1v) is 5.26. The summed E-state index contributed by atoms with van der Waals surface area (Å²) >= 11 is 5.09. The predicted molar refractivity (Wildman–Crippen MR) is 60.4 cm³/mol. The van der Waals surface area contributed by atoms with Crippen molar-refractivity contribution in [2.24, 2.45) is 7.05 Å². The fourth-order valence-electron chi connectivity index (χ4n) is 1.61. The number of nitrogens with zero attached hydrogens (tertiary/aromatic N) is 4. The first-order chi connectivity index (χ1) is 7.61. The van der Waals surface area contributed by atoms with Gasteiger partial charge < -0.3 is 5.11 Å². The summed E-state index contributed by atoms with van der Waals surface area (Å²) in [5.74, 6) is 0.535. The standard InChI is InChI=1S/C9H13N5OS/c1-6-7(3-13(2)12-6)4-14-8(5-15)10-11-9(14)16/h3,15H,4-5H2,1-2H3,(H,11,16). The van der Waals surface area contributed by atoms with Crippen LogP contribution in [0.25, 0.3) is 0 Å². The summed E-state index contributed by atoms with van der Waals surface area (Å²) in [6.07, 6.45) is 1.94. The Bertz CT molecular complexity index is 552. The van der Waals surface area contributed by atoms with E-state index in [1.165, 1.54) is 0 Å². The SMILES string of the molecule is Cc1nn(C)cc1Cn1c(CO)n[nH]c1=S. The Morgan fingerprint density at radius 1 is 1.56 bits per heavy atom. The smallest absolute Gasteiger partial charge is 0.195 e. The minimum Gasteiger partial charge on any atom is -0.388 e. The zero-order valence-corrected chi connectivity index (χ0v) is 9.95. The number of aromatic nitrogens is 5. The molecule has 2 N–H and O–H groups in total. The Hall–Kier alpha value is -1.47. The van der Waals surface area contributed by atoms with Gasteiger partial charge in [0.2, 0.25) is 0 Å². The van der Waals surface area contributed by atoms with Crippen molar-refractivity contribution in [2.75, 3.05) is 0 Å². The van der Waals surface area contributed by atoms with Crippen LogP contribution in [0.15, 0.2) is 6.20 Å². The third kappa shape index (κ3) is 1.91. The van der Waals surface area contributed by atoms with Gasteiger partial charge >= 0.3 is 0 Å². The van der Waals surface area contributed by atoms with Crippen LogP contribution in [-0.4, -0.2) is 29.7 Å². The molecule has 0 aliphatic rings. The quantitative estimate of drug-likeness (QED) is 0.766. The molecule has 0 amide bonds. The number of aromatic amines is 1. The summed E-state index contributed by atoms with van der Waals surface area (Å²) in [4.78, 5) is 0. The number of nitrogens with one attached hydrogen (secondary N) is 1. The largest absolute Gasteiger partial charge is 0.388 e. The molecule has 2 aromatic heterocycles. The lowest BCUT2D eigenvalue weighted by Crippen LogP contribution is -2.05. The first-order valence-electron chi connectivity index (χ1n) is 4.86. The molecule has 0 aliphatic heterocycles. The first kappa shape index (κ1) is 11.0. The van der Waals surface area contributed by atoms with Crippen molar-refractivity contribution < 1.29 is 5.11 Å². The van der Waals surface area contributed by atoms with Crippen molar-refractivity contribution in [3.63, 3.8) is 0 Å². The highest BCUT2D eigenvalue weighted by Crippen LogP contribution is 2.09. The Morgan fingerprint density at radius 3 is 2.88 bits per heavy atom.